The van der Waals surface area contributed by atoms with Crippen molar-refractivity contribution >= 4 is 18.4 Å². The number of rotatable bonds is 7. The summed E-state index contributed by atoms with van der Waals surface area (Å²) in [6.07, 6.45) is 5.19. The Hall–Kier alpha value is -1.95. The van der Waals surface area contributed by atoms with Gasteiger partial charge in [0, 0.05) is 5.92 Å². The number of nitrogens with one attached hydrogen (secondary N) is 1. The zero-order valence-corrected chi connectivity index (χ0v) is 14.3. The number of nitrogens with zero attached hydrogens (tertiary/aromatic N) is 3. The fraction of sp³-hybridized carbons (Fsp3) is 0.471. The predicted octanol–water partition coefficient (Wildman–Crippen LogP) is 4.13. The third-order valence-electron chi connectivity index (χ3n) is 3.78. The summed E-state index contributed by atoms with van der Waals surface area (Å²) in [6, 6.07) is 7.93. The summed E-state index contributed by atoms with van der Waals surface area (Å²) in [5.74, 6) is 2.97. The van der Waals surface area contributed by atoms with Crippen LogP contribution >= 0.6 is 12.2 Å². The number of ether oxygens (including phenoxy) is 1. The maximum absolute atomic E-state index is 5.72. The van der Waals surface area contributed by atoms with E-state index in [1.807, 2.05) is 24.3 Å². The van der Waals surface area contributed by atoms with E-state index in [1.165, 1.54) is 0 Å². The molecule has 122 valence electrons. The number of benzene rings is 1. The molecule has 1 heterocycles. The Bertz CT molecular complexity index is 726. The van der Waals surface area contributed by atoms with E-state index in [0.717, 1.165) is 43.0 Å². The maximum Gasteiger partial charge on any atom is 0.216 e. The lowest BCUT2D eigenvalue weighted by Gasteiger charge is -2.07. The molecule has 0 saturated heterocycles. The second-order valence-corrected chi connectivity index (χ2v) is 6.70. The minimum atomic E-state index is 0.497. The van der Waals surface area contributed by atoms with Crippen molar-refractivity contribution in [2.24, 2.45) is 11.0 Å². The quantitative estimate of drug-likeness (QED) is 0.613. The van der Waals surface area contributed by atoms with Gasteiger partial charge in [-0.15, -0.1) is 0 Å². The number of H-pyrrole nitrogens is 1. The van der Waals surface area contributed by atoms with Gasteiger partial charge < -0.3 is 4.74 Å². The predicted molar refractivity (Wildman–Crippen MR) is 93.8 cm³/mol. The molecule has 1 aromatic heterocycles. The minimum Gasteiger partial charge on any atom is -0.494 e. The average Bonchev–Trinajstić information content (AvgIpc) is 3.30. The highest BCUT2D eigenvalue weighted by Crippen LogP contribution is 2.38. The zero-order valence-electron chi connectivity index (χ0n) is 13.5. The Morgan fingerprint density at radius 1 is 1.39 bits per heavy atom. The molecule has 2 aromatic rings. The first-order valence-corrected chi connectivity index (χ1v) is 8.49. The second kappa shape index (κ2) is 7.08. The molecule has 1 aromatic carbocycles. The molecule has 1 N–H and O–H groups in total. The Labute approximate surface area is 141 Å². The summed E-state index contributed by atoms with van der Waals surface area (Å²) in [5, 5.41) is 11.5. The Morgan fingerprint density at radius 3 is 2.78 bits per heavy atom. The fourth-order valence-electron chi connectivity index (χ4n) is 2.21. The van der Waals surface area contributed by atoms with Crippen LogP contribution in [0, 0.1) is 10.7 Å². The number of hydrogen-bond donors (Lipinski definition) is 1. The van der Waals surface area contributed by atoms with E-state index >= 15 is 0 Å². The standard InChI is InChI=1S/C17H22N4OS/c1-12(2)9-10-22-15-7-3-13(4-8-15)11-18-21-16(14-5-6-14)19-20-17(21)23/h3-4,7-8,11-12,14H,5-6,9-10H2,1-2H3,(H,20,23)/b18-11-. The van der Waals surface area contributed by atoms with Crippen molar-refractivity contribution in [1.82, 2.24) is 14.9 Å². The summed E-state index contributed by atoms with van der Waals surface area (Å²) in [5.41, 5.74) is 1.01. The molecular formula is C17H22N4OS. The lowest BCUT2D eigenvalue weighted by Crippen LogP contribution is -2.01. The van der Waals surface area contributed by atoms with Gasteiger partial charge in [-0.2, -0.15) is 14.9 Å². The van der Waals surface area contributed by atoms with E-state index in [-0.39, 0.29) is 0 Å². The van der Waals surface area contributed by atoms with Crippen LogP contribution in [0.2, 0.25) is 0 Å². The Morgan fingerprint density at radius 2 is 2.13 bits per heavy atom. The van der Waals surface area contributed by atoms with Crippen molar-refractivity contribution in [3.8, 4) is 5.75 Å². The molecule has 0 spiro atoms. The molecule has 1 saturated carbocycles. The summed E-state index contributed by atoms with van der Waals surface area (Å²) in [4.78, 5) is 0. The third kappa shape index (κ3) is 4.28. The van der Waals surface area contributed by atoms with Gasteiger partial charge in [-0.25, -0.2) is 0 Å². The third-order valence-corrected chi connectivity index (χ3v) is 4.05. The van der Waals surface area contributed by atoms with E-state index in [4.69, 9.17) is 17.0 Å². The highest BCUT2D eigenvalue weighted by molar-refractivity contribution is 7.71. The van der Waals surface area contributed by atoms with Gasteiger partial charge in [-0.05, 0) is 67.2 Å². The van der Waals surface area contributed by atoms with E-state index in [9.17, 15) is 0 Å². The topological polar surface area (TPSA) is 55.2 Å². The van der Waals surface area contributed by atoms with Crippen LogP contribution in [-0.4, -0.2) is 27.7 Å². The molecule has 1 aliphatic rings. The maximum atomic E-state index is 5.72. The summed E-state index contributed by atoms with van der Waals surface area (Å²) >= 11 is 5.24. The fourth-order valence-corrected chi connectivity index (χ4v) is 2.39. The normalized spacial score (nSPS) is 14.7. The van der Waals surface area contributed by atoms with Crippen LogP contribution in [0.5, 0.6) is 5.75 Å². The molecule has 0 bridgehead atoms. The Kier molecular flexibility index (Phi) is 4.91. The first-order valence-electron chi connectivity index (χ1n) is 8.08. The number of aromatic nitrogens is 3. The summed E-state index contributed by atoms with van der Waals surface area (Å²) in [6.45, 7) is 5.14. The Balaban J connectivity index is 1.64. The minimum absolute atomic E-state index is 0.497. The summed E-state index contributed by atoms with van der Waals surface area (Å²) < 4.78 is 7.98. The molecule has 3 rings (SSSR count). The van der Waals surface area contributed by atoms with Crippen LogP contribution < -0.4 is 4.74 Å². The van der Waals surface area contributed by atoms with E-state index in [1.54, 1.807) is 10.9 Å². The molecule has 0 atom stereocenters. The lowest BCUT2D eigenvalue weighted by atomic mass is 10.1. The zero-order chi connectivity index (χ0) is 16.2. The van der Waals surface area contributed by atoms with Gasteiger partial charge in [-0.3, -0.25) is 5.10 Å². The van der Waals surface area contributed by atoms with Crippen molar-refractivity contribution in [1.29, 1.82) is 0 Å². The van der Waals surface area contributed by atoms with Crippen molar-refractivity contribution in [3.05, 3.63) is 40.4 Å². The first-order chi connectivity index (χ1) is 11.1. The number of hydrogen-bond acceptors (Lipinski definition) is 4. The molecule has 5 nitrogen and oxygen atoms in total. The first kappa shape index (κ1) is 15.9. The highest BCUT2D eigenvalue weighted by Gasteiger charge is 2.29. The van der Waals surface area contributed by atoms with Gasteiger partial charge in [0.05, 0.1) is 12.8 Å². The van der Waals surface area contributed by atoms with E-state index < -0.39 is 0 Å². The van der Waals surface area contributed by atoms with Crippen LogP contribution in [0.4, 0.5) is 0 Å². The van der Waals surface area contributed by atoms with Gasteiger partial charge in [0.25, 0.3) is 0 Å². The van der Waals surface area contributed by atoms with Crippen molar-refractivity contribution in [2.45, 2.75) is 39.0 Å². The molecule has 23 heavy (non-hydrogen) atoms. The highest BCUT2D eigenvalue weighted by atomic mass is 32.1. The number of aromatic amines is 1. The molecule has 1 fully saturated rings. The smallest absolute Gasteiger partial charge is 0.216 e. The molecule has 0 aliphatic heterocycles. The molecule has 6 heteroatoms. The van der Waals surface area contributed by atoms with Crippen molar-refractivity contribution < 1.29 is 4.74 Å². The molecule has 0 unspecified atom stereocenters. The molecule has 0 amide bonds. The summed E-state index contributed by atoms with van der Waals surface area (Å²) in [7, 11) is 0. The molecule has 0 radical (unpaired) electrons. The van der Waals surface area contributed by atoms with Gasteiger partial charge in [0.1, 0.15) is 5.75 Å². The van der Waals surface area contributed by atoms with Crippen molar-refractivity contribution in [3.63, 3.8) is 0 Å². The van der Waals surface area contributed by atoms with Gasteiger partial charge in [-0.1, -0.05) is 13.8 Å². The van der Waals surface area contributed by atoms with Crippen LogP contribution in [0.15, 0.2) is 29.4 Å². The largest absolute Gasteiger partial charge is 0.494 e. The average molecular weight is 330 g/mol. The van der Waals surface area contributed by atoms with Crippen LogP contribution in [0.1, 0.15) is 50.4 Å². The van der Waals surface area contributed by atoms with Gasteiger partial charge >= 0.3 is 0 Å². The van der Waals surface area contributed by atoms with Crippen LogP contribution in [0.3, 0.4) is 0 Å². The van der Waals surface area contributed by atoms with Crippen molar-refractivity contribution in [2.75, 3.05) is 6.61 Å². The SMILES string of the molecule is CC(C)CCOc1ccc(/C=N\n2c(C3CC3)n[nH]c2=S)cc1. The molecule has 1 aliphatic carbocycles. The van der Waals surface area contributed by atoms with Gasteiger partial charge in [0.15, 0.2) is 5.82 Å². The van der Waals surface area contributed by atoms with Crippen LogP contribution in [-0.2, 0) is 0 Å². The lowest BCUT2D eigenvalue weighted by molar-refractivity contribution is 0.289. The second-order valence-electron chi connectivity index (χ2n) is 6.32. The molecular weight excluding hydrogens is 308 g/mol. The monoisotopic (exact) mass is 330 g/mol. The van der Waals surface area contributed by atoms with E-state index in [0.29, 0.717) is 16.6 Å². The van der Waals surface area contributed by atoms with E-state index in [2.05, 4.69) is 29.1 Å². The van der Waals surface area contributed by atoms with Crippen LogP contribution in [0.25, 0.3) is 0 Å². The van der Waals surface area contributed by atoms with Gasteiger partial charge in [0.2, 0.25) is 4.77 Å².